The van der Waals surface area contributed by atoms with Crippen LogP contribution in [-0.2, 0) is 0 Å². The first-order valence-electron chi connectivity index (χ1n) is 18.9. The zero-order valence-corrected chi connectivity index (χ0v) is 30.5. The third-order valence-electron chi connectivity index (χ3n) is 10.6. The molecule has 0 N–H and O–H groups in total. The first kappa shape index (κ1) is 32.6. The molecule has 0 fully saturated rings. The van der Waals surface area contributed by atoms with Gasteiger partial charge in [0, 0.05) is 34.0 Å². The number of pyridine rings is 1. The third-order valence-corrected chi connectivity index (χ3v) is 10.6. The number of furan rings is 1. The fourth-order valence-electron chi connectivity index (χ4n) is 7.58. The number of nitrogens with zero attached hydrogens (tertiary/aromatic N) is 5. The van der Waals surface area contributed by atoms with Crippen LogP contribution in [0.25, 0.3) is 111 Å². The highest BCUT2D eigenvalue weighted by Gasteiger charge is 2.16. The van der Waals surface area contributed by atoms with Gasteiger partial charge in [-0.05, 0) is 68.6 Å². The van der Waals surface area contributed by atoms with Crippen LogP contribution < -0.4 is 0 Å². The highest BCUT2D eigenvalue weighted by molar-refractivity contribution is 6.04. The molecule has 0 bridgehead atoms. The average molecular weight is 730 g/mol. The quantitative estimate of drug-likeness (QED) is 0.159. The van der Waals surface area contributed by atoms with Gasteiger partial charge in [-0.25, -0.2) is 24.9 Å². The molecule has 11 rings (SSSR count). The van der Waals surface area contributed by atoms with Crippen LogP contribution in [0.3, 0.4) is 0 Å². The Morgan fingerprint density at radius 3 is 1.58 bits per heavy atom. The minimum Gasteiger partial charge on any atom is -0.434 e. The van der Waals surface area contributed by atoms with Crippen molar-refractivity contribution in [3.63, 3.8) is 0 Å². The molecule has 0 unspecified atom stereocenters. The van der Waals surface area contributed by atoms with Crippen molar-refractivity contribution in [2.24, 2.45) is 0 Å². The second-order valence-electron chi connectivity index (χ2n) is 14.2. The molecule has 0 radical (unpaired) electrons. The van der Waals surface area contributed by atoms with Gasteiger partial charge in [0.2, 0.25) is 5.71 Å². The normalized spacial score (nSPS) is 11.5. The van der Waals surface area contributed by atoms with Crippen molar-refractivity contribution in [3.05, 3.63) is 188 Å². The first-order valence-corrected chi connectivity index (χ1v) is 18.9. The van der Waals surface area contributed by atoms with Gasteiger partial charge >= 0.3 is 0 Å². The van der Waals surface area contributed by atoms with E-state index >= 15 is 0 Å². The maximum Gasteiger partial charge on any atom is 0.229 e. The van der Waals surface area contributed by atoms with Crippen LogP contribution in [0.2, 0.25) is 0 Å². The van der Waals surface area contributed by atoms with Gasteiger partial charge in [0.25, 0.3) is 0 Å². The predicted octanol–water partition coefficient (Wildman–Crippen LogP) is 12.9. The van der Waals surface area contributed by atoms with Crippen molar-refractivity contribution in [1.29, 1.82) is 0 Å². The van der Waals surface area contributed by atoms with Crippen molar-refractivity contribution < 1.29 is 4.42 Å². The summed E-state index contributed by atoms with van der Waals surface area (Å²) < 4.78 is 6.10. The summed E-state index contributed by atoms with van der Waals surface area (Å²) in [5, 5.41) is 5.69. The molecule has 0 saturated carbocycles. The summed E-state index contributed by atoms with van der Waals surface area (Å²) in [5.74, 6) is 1.27. The lowest BCUT2D eigenvalue weighted by molar-refractivity contribution is 0.651. The van der Waals surface area contributed by atoms with Gasteiger partial charge in [0.1, 0.15) is 5.52 Å². The van der Waals surface area contributed by atoms with E-state index in [1.807, 2.05) is 54.7 Å². The molecule has 57 heavy (non-hydrogen) atoms. The Kier molecular flexibility index (Phi) is 7.71. The van der Waals surface area contributed by atoms with E-state index in [0.717, 1.165) is 61.2 Å². The van der Waals surface area contributed by atoms with E-state index in [0.29, 0.717) is 22.9 Å². The van der Waals surface area contributed by atoms with E-state index in [-0.39, 0.29) is 0 Å². The summed E-state index contributed by atoms with van der Waals surface area (Å²) in [6, 6.07) is 60.9. The lowest BCUT2D eigenvalue weighted by atomic mass is 9.99. The van der Waals surface area contributed by atoms with Gasteiger partial charge in [-0.15, -0.1) is 0 Å². The SMILES string of the molecule is c1ccc(-c2ccc(-c3cc(-c4ccc(-c5ncc6oc7ncc(-c8ccc9cc%10ccccc%10cc9c8)cc7c6n5)cc4)nc(-c4ccccc4)n3)cc2)cc1. The number of benzene rings is 7. The Hall–Kier alpha value is -7.83. The molecule has 4 heterocycles. The number of aromatic nitrogens is 5. The van der Waals surface area contributed by atoms with E-state index in [2.05, 4.69) is 127 Å². The van der Waals surface area contributed by atoms with Crippen LogP contribution >= 0.6 is 0 Å². The largest absolute Gasteiger partial charge is 0.434 e. The molecule has 6 nitrogen and oxygen atoms in total. The van der Waals surface area contributed by atoms with Crippen molar-refractivity contribution in [3.8, 4) is 67.5 Å². The second kappa shape index (κ2) is 13.5. The maximum atomic E-state index is 6.10. The van der Waals surface area contributed by atoms with Gasteiger partial charge in [-0.2, -0.15) is 0 Å². The number of fused-ring (bicyclic) bond motifs is 5. The fourth-order valence-corrected chi connectivity index (χ4v) is 7.58. The zero-order valence-electron chi connectivity index (χ0n) is 30.5. The monoisotopic (exact) mass is 729 g/mol. The van der Waals surface area contributed by atoms with E-state index in [4.69, 9.17) is 29.3 Å². The molecule has 11 aromatic rings. The molecular formula is C51H31N5O. The van der Waals surface area contributed by atoms with Gasteiger partial charge in [0.15, 0.2) is 17.2 Å². The molecule has 0 saturated heterocycles. The minimum atomic E-state index is 0.533. The Morgan fingerprint density at radius 2 is 0.877 bits per heavy atom. The smallest absolute Gasteiger partial charge is 0.229 e. The van der Waals surface area contributed by atoms with Gasteiger partial charge in [0.05, 0.1) is 23.0 Å². The summed E-state index contributed by atoms with van der Waals surface area (Å²) in [4.78, 5) is 24.5. The summed E-state index contributed by atoms with van der Waals surface area (Å²) in [6.07, 6.45) is 3.60. The summed E-state index contributed by atoms with van der Waals surface area (Å²) in [7, 11) is 0. The molecule has 0 aliphatic carbocycles. The van der Waals surface area contributed by atoms with Crippen molar-refractivity contribution in [2.45, 2.75) is 0 Å². The number of hydrogen-bond donors (Lipinski definition) is 0. The lowest BCUT2D eigenvalue weighted by Gasteiger charge is -2.10. The Labute approximate surface area is 327 Å². The molecule has 4 aromatic heterocycles. The van der Waals surface area contributed by atoms with Crippen LogP contribution in [-0.4, -0.2) is 24.9 Å². The van der Waals surface area contributed by atoms with Crippen LogP contribution in [0.1, 0.15) is 0 Å². The maximum absolute atomic E-state index is 6.10. The third kappa shape index (κ3) is 6.06. The highest BCUT2D eigenvalue weighted by atomic mass is 16.3. The summed E-state index contributed by atoms with van der Waals surface area (Å²) >= 11 is 0. The summed E-state index contributed by atoms with van der Waals surface area (Å²) in [5.41, 5.74) is 11.8. The van der Waals surface area contributed by atoms with Crippen LogP contribution in [0, 0.1) is 0 Å². The summed E-state index contributed by atoms with van der Waals surface area (Å²) in [6.45, 7) is 0. The number of hydrogen-bond acceptors (Lipinski definition) is 6. The average Bonchev–Trinajstić information content (AvgIpc) is 3.66. The van der Waals surface area contributed by atoms with Crippen LogP contribution in [0.5, 0.6) is 0 Å². The molecule has 0 aliphatic heterocycles. The van der Waals surface area contributed by atoms with Gasteiger partial charge in [-0.3, -0.25) is 0 Å². The predicted molar refractivity (Wildman–Crippen MR) is 230 cm³/mol. The molecule has 0 amide bonds. The Balaban J connectivity index is 0.933. The molecule has 0 spiro atoms. The Bertz CT molecular complexity index is 3270. The van der Waals surface area contributed by atoms with E-state index in [1.54, 1.807) is 6.20 Å². The van der Waals surface area contributed by atoms with Crippen molar-refractivity contribution in [2.75, 3.05) is 0 Å². The van der Waals surface area contributed by atoms with Crippen molar-refractivity contribution >= 4 is 43.7 Å². The van der Waals surface area contributed by atoms with E-state index in [1.165, 1.54) is 27.1 Å². The number of rotatable bonds is 6. The molecule has 266 valence electrons. The molecule has 7 aromatic carbocycles. The van der Waals surface area contributed by atoms with E-state index in [9.17, 15) is 0 Å². The highest BCUT2D eigenvalue weighted by Crippen LogP contribution is 2.34. The second-order valence-corrected chi connectivity index (χ2v) is 14.2. The minimum absolute atomic E-state index is 0.533. The molecule has 0 aliphatic rings. The lowest BCUT2D eigenvalue weighted by Crippen LogP contribution is -1.96. The topological polar surface area (TPSA) is 77.6 Å². The first-order chi connectivity index (χ1) is 28.2. The van der Waals surface area contributed by atoms with E-state index < -0.39 is 0 Å². The van der Waals surface area contributed by atoms with Crippen LogP contribution in [0.15, 0.2) is 193 Å². The van der Waals surface area contributed by atoms with Gasteiger partial charge in [-0.1, -0.05) is 146 Å². The molecule has 6 heteroatoms. The Morgan fingerprint density at radius 1 is 0.333 bits per heavy atom. The van der Waals surface area contributed by atoms with Crippen molar-refractivity contribution in [1.82, 2.24) is 24.9 Å². The molecule has 0 atom stereocenters. The molecular weight excluding hydrogens is 699 g/mol. The standard InChI is InChI=1S/C51H31N5O/c1-3-9-32(10-4-1)33-15-17-34(18-16-33)45-29-46(55-50(54-45)36-11-5-2-6-12-36)35-19-21-37(22-20-35)49-52-31-47-48(56-49)44-28-43(30-53-51(44)57-47)41-24-23-40-25-38-13-7-8-14-39(38)26-42(40)27-41/h1-31H. The van der Waals surface area contributed by atoms with Gasteiger partial charge < -0.3 is 4.42 Å². The zero-order chi connectivity index (χ0) is 37.7. The fraction of sp³-hybridized carbons (Fsp3) is 0. The van der Waals surface area contributed by atoms with Crippen LogP contribution in [0.4, 0.5) is 0 Å².